The fourth-order valence-corrected chi connectivity index (χ4v) is 3.41. The number of hydrogen-bond donors (Lipinski definition) is 0. The van der Waals surface area contributed by atoms with Gasteiger partial charge in [-0.3, -0.25) is 0 Å². The highest BCUT2D eigenvalue weighted by Crippen LogP contribution is 2.35. The third-order valence-electron chi connectivity index (χ3n) is 4.51. The van der Waals surface area contributed by atoms with E-state index in [0.717, 1.165) is 12.8 Å². The second-order valence-electron chi connectivity index (χ2n) is 8.43. The molecule has 0 aromatic heterocycles. The van der Waals surface area contributed by atoms with E-state index in [-0.39, 0.29) is 10.8 Å². The zero-order valence-electron chi connectivity index (χ0n) is 15.0. The predicted octanol–water partition coefficient (Wildman–Crippen LogP) is 7.12. The molecule has 0 saturated carbocycles. The van der Waals surface area contributed by atoms with Crippen molar-refractivity contribution in [3.8, 4) is 0 Å². The topological polar surface area (TPSA) is 0 Å². The molecule has 21 heavy (non-hydrogen) atoms. The smallest absolute Gasteiger partial charge is 0.0587 e. The monoisotopic (exact) mass is 308 g/mol. The number of halogens is 1. The lowest BCUT2D eigenvalue weighted by atomic mass is 9.81. The van der Waals surface area contributed by atoms with E-state index >= 15 is 0 Å². The second-order valence-corrected chi connectivity index (χ2v) is 8.96. The third-order valence-corrected chi connectivity index (χ3v) is 4.94. The van der Waals surface area contributed by atoms with Crippen molar-refractivity contribution in [2.75, 3.05) is 0 Å². The van der Waals surface area contributed by atoms with Gasteiger partial charge in [-0.15, -0.1) is 11.6 Å². The molecule has 120 valence electrons. The van der Waals surface area contributed by atoms with Crippen LogP contribution >= 0.6 is 11.6 Å². The minimum Gasteiger partial charge on any atom is -0.118 e. The van der Waals surface area contributed by atoms with Crippen molar-refractivity contribution in [2.24, 2.45) is 11.3 Å². The standard InChI is InChI=1S/C20H33Cl/c1-8-20(6,7)17-11-9-16(10-12-17)18(21)13-15(2)14-19(3,4)5/h9-12,15,18H,8,13-14H2,1-7H3. The maximum atomic E-state index is 6.63. The van der Waals surface area contributed by atoms with E-state index in [1.807, 2.05) is 0 Å². The Morgan fingerprint density at radius 3 is 1.95 bits per heavy atom. The van der Waals surface area contributed by atoms with E-state index in [2.05, 4.69) is 72.7 Å². The van der Waals surface area contributed by atoms with E-state index < -0.39 is 0 Å². The Morgan fingerprint density at radius 1 is 1.00 bits per heavy atom. The molecule has 0 heterocycles. The Kier molecular flexibility index (Phi) is 6.35. The highest BCUT2D eigenvalue weighted by Gasteiger charge is 2.21. The van der Waals surface area contributed by atoms with Crippen LogP contribution in [0, 0.1) is 11.3 Å². The lowest BCUT2D eigenvalue weighted by molar-refractivity contribution is 0.295. The zero-order valence-corrected chi connectivity index (χ0v) is 15.7. The minimum atomic E-state index is 0.126. The first-order valence-corrected chi connectivity index (χ1v) is 8.73. The number of benzene rings is 1. The van der Waals surface area contributed by atoms with Crippen LogP contribution in [0.15, 0.2) is 24.3 Å². The van der Waals surface area contributed by atoms with Crippen molar-refractivity contribution in [1.82, 2.24) is 0 Å². The first-order chi connectivity index (χ1) is 9.55. The van der Waals surface area contributed by atoms with Crippen LogP contribution in [0.3, 0.4) is 0 Å². The van der Waals surface area contributed by atoms with Crippen LogP contribution in [0.25, 0.3) is 0 Å². The van der Waals surface area contributed by atoms with Gasteiger partial charge in [-0.2, -0.15) is 0 Å². The predicted molar refractivity (Wildman–Crippen MR) is 96.2 cm³/mol. The van der Waals surface area contributed by atoms with Crippen molar-refractivity contribution < 1.29 is 0 Å². The molecular weight excluding hydrogens is 276 g/mol. The first-order valence-electron chi connectivity index (χ1n) is 8.29. The molecule has 0 amide bonds. The van der Waals surface area contributed by atoms with Crippen molar-refractivity contribution in [1.29, 1.82) is 0 Å². The summed E-state index contributed by atoms with van der Waals surface area (Å²) in [5.74, 6) is 0.652. The van der Waals surface area contributed by atoms with E-state index in [4.69, 9.17) is 11.6 Å². The maximum Gasteiger partial charge on any atom is 0.0587 e. The van der Waals surface area contributed by atoms with Gasteiger partial charge >= 0.3 is 0 Å². The number of alkyl halides is 1. The molecule has 0 radical (unpaired) electrons. The molecule has 0 aliphatic heterocycles. The Labute approximate surface area is 137 Å². The van der Waals surface area contributed by atoms with Gasteiger partial charge < -0.3 is 0 Å². The molecule has 0 saturated heterocycles. The van der Waals surface area contributed by atoms with Crippen LogP contribution < -0.4 is 0 Å². The van der Waals surface area contributed by atoms with Crippen molar-refractivity contribution in [2.45, 2.75) is 78.5 Å². The lowest BCUT2D eigenvalue weighted by Crippen LogP contribution is -2.15. The molecule has 0 N–H and O–H groups in total. The lowest BCUT2D eigenvalue weighted by Gasteiger charge is -2.26. The van der Waals surface area contributed by atoms with Gasteiger partial charge in [0.2, 0.25) is 0 Å². The minimum absolute atomic E-state index is 0.126. The average Bonchev–Trinajstić information content (AvgIpc) is 2.36. The normalized spacial score (nSPS) is 15.8. The van der Waals surface area contributed by atoms with E-state index in [1.165, 1.54) is 17.5 Å². The van der Waals surface area contributed by atoms with E-state index in [9.17, 15) is 0 Å². The van der Waals surface area contributed by atoms with Gasteiger partial charge in [0.05, 0.1) is 5.38 Å². The summed E-state index contributed by atoms with van der Waals surface area (Å²) in [5.41, 5.74) is 3.29. The summed E-state index contributed by atoms with van der Waals surface area (Å²) in [7, 11) is 0. The summed E-state index contributed by atoms with van der Waals surface area (Å²) in [4.78, 5) is 0. The maximum absolute atomic E-state index is 6.63. The molecule has 1 aromatic rings. The molecule has 1 aromatic carbocycles. The van der Waals surface area contributed by atoms with Crippen LogP contribution in [0.1, 0.15) is 84.2 Å². The first kappa shape index (κ1) is 18.6. The fourth-order valence-electron chi connectivity index (χ4n) is 2.97. The van der Waals surface area contributed by atoms with Crippen LogP contribution in [0.5, 0.6) is 0 Å². The van der Waals surface area contributed by atoms with Gasteiger partial charge in [0.25, 0.3) is 0 Å². The largest absolute Gasteiger partial charge is 0.118 e. The average molecular weight is 309 g/mol. The molecule has 0 bridgehead atoms. The molecule has 0 fully saturated rings. The molecule has 2 atom stereocenters. The van der Waals surface area contributed by atoms with Gasteiger partial charge in [-0.25, -0.2) is 0 Å². The van der Waals surface area contributed by atoms with Crippen LogP contribution in [0.4, 0.5) is 0 Å². The van der Waals surface area contributed by atoms with Crippen molar-refractivity contribution in [3.63, 3.8) is 0 Å². The van der Waals surface area contributed by atoms with Gasteiger partial charge in [-0.05, 0) is 47.1 Å². The second kappa shape index (κ2) is 7.18. The summed E-state index contributed by atoms with van der Waals surface area (Å²) in [6, 6.07) is 8.94. The Morgan fingerprint density at radius 2 is 1.52 bits per heavy atom. The molecule has 1 heteroatoms. The Hall–Kier alpha value is -0.490. The van der Waals surface area contributed by atoms with Gasteiger partial charge in [0, 0.05) is 0 Å². The third kappa shape index (κ3) is 6.02. The summed E-state index contributed by atoms with van der Waals surface area (Å²) in [6.45, 7) is 16.1. The Balaban J connectivity index is 2.69. The molecule has 2 unspecified atom stereocenters. The van der Waals surface area contributed by atoms with Crippen LogP contribution in [-0.4, -0.2) is 0 Å². The summed E-state index contributed by atoms with van der Waals surface area (Å²) in [5, 5.41) is 0.126. The molecule has 0 aliphatic carbocycles. The van der Waals surface area contributed by atoms with E-state index in [0.29, 0.717) is 11.3 Å². The molecular formula is C20H33Cl. The number of hydrogen-bond acceptors (Lipinski definition) is 0. The zero-order chi connectivity index (χ0) is 16.3. The van der Waals surface area contributed by atoms with Crippen LogP contribution in [0.2, 0.25) is 0 Å². The van der Waals surface area contributed by atoms with E-state index in [1.54, 1.807) is 0 Å². The summed E-state index contributed by atoms with van der Waals surface area (Å²) < 4.78 is 0. The number of rotatable bonds is 6. The van der Waals surface area contributed by atoms with Crippen molar-refractivity contribution >= 4 is 11.6 Å². The molecule has 0 spiro atoms. The molecule has 0 nitrogen and oxygen atoms in total. The van der Waals surface area contributed by atoms with Gasteiger partial charge in [0.15, 0.2) is 0 Å². The van der Waals surface area contributed by atoms with Gasteiger partial charge in [-0.1, -0.05) is 72.7 Å². The van der Waals surface area contributed by atoms with Gasteiger partial charge in [0.1, 0.15) is 0 Å². The highest BCUT2D eigenvalue weighted by atomic mass is 35.5. The summed E-state index contributed by atoms with van der Waals surface area (Å²) in [6.07, 6.45) is 3.42. The highest BCUT2D eigenvalue weighted by molar-refractivity contribution is 6.20. The van der Waals surface area contributed by atoms with Crippen molar-refractivity contribution in [3.05, 3.63) is 35.4 Å². The van der Waals surface area contributed by atoms with Crippen LogP contribution in [-0.2, 0) is 5.41 Å². The fraction of sp³-hybridized carbons (Fsp3) is 0.700. The summed E-state index contributed by atoms with van der Waals surface area (Å²) >= 11 is 6.63. The quantitative estimate of drug-likeness (QED) is 0.491. The molecule has 1 rings (SSSR count). The SMILES string of the molecule is CCC(C)(C)c1ccc(C(Cl)CC(C)CC(C)(C)C)cc1. The molecule has 0 aliphatic rings. The Bertz CT molecular complexity index is 422.